The quantitative estimate of drug-likeness (QED) is 0.560. The van der Waals surface area contributed by atoms with Crippen molar-refractivity contribution >= 4 is 46.0 Å². The van der Waals surface area contributed by atoms with Crippen LogP contribution in [0.25, 0.3) is 22.2 Å². The standard InChI is InChI=1S/C21H25Cl2N7/c1-29-8-10-30(11-9-29)7-3-6-25-21-26-13-14-12-15(19(24)27-20(14)28-21)18-16(22)4-2-5-17(18)23/h2,4-5,12-13H,3,6-11H2,1H3,(H3,24,25,26,27,28). The second kappa shape index (κ2) is 9.31. The van der Waals surface area contributed by atoms with E-state index in [9.17, 15) is 0 Å². The monoisotopic (exact) mass is 445 g/mol. The Balaban J connectivity index is 1.43. The van der Waals surface area contributed by atoms with Gasteiger partial charge in [0.05, 0.1) is 10.0 Å². The second-order valence-electron chi connectivity index (χ2n) is 7.55. The van der Waals surface area contributed by atoms with E-state index in [4.69, 9.17) is 28.9 Å². The van der Waals surface area contributed by atoms with Crippen molar-refractivity contribution in [3.8, 4) is 11.1 Å². The van der Waals surface area contributed by atoms with Gasteiger partial charge in [0.1, 0.15) is 5.82 Å². The van der Waals surface area contributed by atoms with Gasteiger partial charge in [-0.3, -0.25) is 0 Å². The normalized spacial score (nSPS) is 15.6. The molecule has 7 nitrogen and oxygen atoms in total. The molecule has 1 aromatic carbocycles. The highest BCUT2D eigenvalue weighted by Crippen LogP contribution is 2.38. The number of aromatic nitrogens is 3. The van der Waals surface area contributed by atoms with Gasteiger partial charge in [-0.15, -0.1) is 0 Å². The Morgan fingerprint density at radius 2 is 1.83 bits per heavy atom. The van der Waals surface area contributed by atoms with Crippen LogP contribution in [0.15, 0.2) is 30.5 Å². The Labute approximate surface area is 186 Å². The van der Waals surface area contributed by atoms with E-state index in [1.165, 1.54) is 0 Å². The van der Waals surface area contributed by atoms with E-state index in [-0.39, 0.29) is 0 Å². The first-order chi connectivity index (χ1) is 14.5. The van der Waals surface area contributed by atoms with Crippen molar-refractivity contribution in [1.29, 1.82) is 0 Å². The summed E-state index contributed by atoms with van der Waals surface area (Å²) in [5.41, 5.74) is 8.08. The summed E-state index contributed by atoms with van der Waals surface area (Å²) < 4.78 is 0. The molecule has 1 saturated heterocycles. The number of nitrogens with zero attached hydrogens (tertiary/aromatic N) is 5. The summed E-state index contributed by atoms with van der Waals surface area (Å²) in [5.74, 6) is 0.883. The van der Waals surface area contributed by atoms with Gasteiger partial charge in [0, 0.05) is 55.4 Å². The molecule has 1 fully saturated rings. The van der Waals surface area contributed by atoms with Gasteiger partial charge in [0.2, 0.25) is 5.95 Å². The van der Waals surface area contributed by atoms with E-state index in [0.717, 1.165) is 51.1 Å². The molecule has 1 aliphatic heterocycles. The van der Waals surface area contributed by atoms with Gasteiger partial charge in [-0.1, -0.05) is 29.3 Å². The van der Waals surface area contributed by atoms with E-state index in [0.29, 0.717) is 38.6 Å². The van der Waals surface area contributed by atoms with E-state index in [1.807, 2.05) is 6.07 Å². The fourth-order valence-electron chi connectivity index (χ4n) is 3.59. The largest absolute Gasteiger partial charge is 0.383 e. The van der Waals surface area contributed by atoms with Crippen molar-refractivity contribution in [2.24, 2.45) is 0 Å². The topological polar surface area (TPSA) is 83.2 Å². The lowest BCUT2D eigenvalue weighted by molar-refractivity contribution is 0.154. The number of benzene rings is 1. The number of nitrogen functional groups attached to an aromatic ring is 1. The average molecular weight is 446 g/mol. The first-order valence-corrected chi connectivity index (χ1v) is 10.8. The van der Waals surface area contributed by atoms with Gasteiger partial charge < -0.3 is 20.9 Å². The van der Waals surface area contributed by atoms with Crippen LogP contribution in [0, 0.1) is 0 Å². The van der Waals surface area contributed by atoms with Crippen LogP contribution in [0.1, 0.15) is 6.42 Å². The van der Waals surface area contributed by atoms with Crippen molar-refractivity contribution < 1.29 is 0 Å². The molecule has 0 saturated carbocycles. The van der Waals surface area contributed by atoms with Crippen molar-refractivity contribution in [2.45, 2.75) is 6.42 Å². The molecule has 0 aliphatic carbocycles. The Morgan fingerprint density at radius 1 is 1.10 bits per heavy atom. The molecule has 0 radical (unpaired) electrons. The van der Waals surface area contributed by atoms with Gasteiger partial charge in [0.25, 0.3) is 0 Å². The molecule has 1 aliphatic rings. The number of hydrogen-bond donors (Lipinski definition) is 2. The molecule has 2 aromatic heterocycles. The molecule has 0 unspecified atom stereocenters. The highest BCUT2D eigenvalue weighted by molar-refractivity contribution is 6.39. The molecule has 3 aromatic rings. The number of nitrogens with one attached hydrogen (secondary N) is 1. The molecule has 30 heavy (non-hydrogen) atoms. The second-order valence-corrected chi connectivity index (χ2v) is 8.36. The van der Waals surface area contributed by atoms with Crippen LogP contribution in [-0.4, -0.2) is 71.1 Å². The van der Waals surface area contributed by atoms with Crippen LogP contribution >= 0.6 is 23.2 Å². The summed E-state index contributed by atoms with van der Waals surface area (Å²) >= 11 is 12.7. The minimum absolute atomic E-state index is 0.331. The van der Waals surface area contributed by atoms with Crippen molar-refractivity contribution in [1.82, 2.24) is 24.8 Å². The van der Waals surface area contributed by atoms with E-state index in [2.05, 4.69) is 37.1 Å². The zero-order valence-electron chi connectivity index (χ0n) is 16.9. The van der Waals surface area contributed by atoms with E-state index in [1.54, 1.807) is 24.4 Å². The zero-order valence-corrected chi connectivity index (χ0v) is 18.4. The van der Waals surface area contributed by atoms with Gasteiger partial charge in [-0.05, 0) is 38.2 Å². The smallest absolute Gasteiger partial charge is 0.224 e. The van der Waals surface area contributed by atoms with Crippen LogP contribution < -0.4 is 11.1 Å². The maximum absolute atomic E-state index is 6.33. The molecule has 158 valence electrons. The summed E-state index contributed by atoms with van der Waals surface area (Å²) in [4.78, 5) is 18.2. The number of rotatable bonds is 6. The van der Waals surface area contributed by atoms with E-state index >= 15 is 0 Å². The minimum atomic E-state index is 0.331. The maximum atomic E-state index is 6.33. The Morgan fingerprint density at radius 3 is 2.57 bits per heavy atom. The Bertz CT molecular complexity index is 1020. The molecule has 9 heteroatoms. The van der Waals surface area contributed by atoms with Crippen LogP contribution in [0.4, 0.5) is 11.8 Å². The number of anilines is 2. The lowest BCUT2D eigenvalue weighted by Crippen LogP contribution is -2.44. The molecule has 0 bridgehead atoms. The highest BCUT2D eigenvalue weighted by Gasteiger charge is 2.15. The molecular formula is C21H25Cl2N7. The lowest BCUT2D eigenvalue weighted by Gasteiger charge is -2.32. The molecule has 0 atom stereocenters. The minimum Gasteiger partial charge on any atom is -0.383 e. The fourth-order valence-corrected chi connectivity index (χ4v) is 4.19. The lowest BCUT2D eigenvalue weighted by atomic mass is 10.1. The number of hydrogen-bond acceptors (Lipinski definition) is 7. The SMILES string of the molecule is CN1CCN(CCCNc2ncc3cc(-c4c(Cl)cccc4Cl)c(N)nc3n2)CC1. The number of piperazine rings is 1. The molecule has 4 rings (SSSR count). The number of nitrogens with two attached hydrogens (primary N) is 1. The molecule has 0 amide bonds. The predicted octanol–water partition coefficient (Wildman–Crippen LogP) is 3.63. The number of halogens is 2. The third kappa shape index (κ3) is 4.75. The third-order valence-electron chi connectivity index (χ3n) is 5.36. The third-order valence-corrected chi connectivity index (χ3v) is 5.99. The molecule has 3 N–H and O–H groups in total. The number of fused-ring (bicyclic) bond motifs is 1. The summed E-state index contributed by atoms with van der Waals surface area (Å²) in [7, 11) is 2.17. The van der Waals surface area contributed by atoms with Crippen molar-refractivity contribution in [2.75, 3.05) is 57.4 Å². The van der Waals surface area contributed by atoms with Crippen LogP contribution in [0.5, 0.6) is 0 Å². The summed E-state index contributed by atoms with van der Waals surface area (Å²) in [6.07, 6.45) is 2.77. The van der Waals surface area contributed by atoms with Crippen LogP contribution in [0.2, 0.25) is 10.0 Å². The maximum Gasteiger partial charge on any atom is 0.224 e. The average Bonchev–Trinajstić information content (AvgIpc) is 2.72. The predicted molar refractivity (Wildman–Crippen MR) is 124 cm³/mol. The summed E-state index contributed by atoms with van der Waals surface area (Å²) in [5, 5.41) is 5.11. The van der Waals surface area contributed by atoms with Crippen molar-refractivity contribution in [3.05, 3.63) is 40.5 Å². The van der Waals surface area contributed by atoms with Gasteiger partial charge in [0.15, 0.2) is 5.65 Å². The van der Waals surface area contributed by atoms with E-state index < -0.39 is 0 Å². The zero-order chi connectivity index (χ0) is 21.1. The highest BCUT2D eigenvalue weighted by atomic mass is 35.5. The first kappa shape index (κ1) is 21.1. The van der Waals surface area contributed by atoms with Crippen LogP contribution in [0.3, 0.4) is 0 Å². The molecular weight excluding hydrogens is 421 g/mol. The summed E-state index contributed by atoms with van der Waals surface area (Å²) in [6.45, 7) is 6.40. The van der Waals surface area contributed by atoms with Crippen molar-refractivity contribution in [3.63, 3.8) is 0 Å². The first-order valence-electron chi connectivity index (χ1n) is 10.0. The number of pyridine rings is 1. The number of likely N-dealkylation sites (N-methyl/N-ethyl adjacent to an activating group) is 1. The molecule has 3 heterocycles. The van der Waals surface area contributed by atoms with Gasteiger partial charge in [-0.2, -0.15) is 4.98 Å². The van der Waals surface area contributed by atoms with Crippen LogP contribution in [-0.2, 0) is 0 Å². The Kier molecular flexibility index (Phi) is 6.53. The summed E-state index contributed by atoms with van der Waals surface area (Å²) in [6, 6.07) is 7.22. The van der Waals surface area contributed by atoms with Gasteiger partial charge >= 0.3 is 0 Å². The molecule has 0 spiro atoms. The fraction of sp³-hybridized carbons (Fsp3) is 0.381. The van der Waals surface area contributed by atoms with Gasteiger partial charge in [-0.25, -0.2) is 9.97 Å². The Hall–Kier alpha value is -2.19.